The average molecular weight is 382 g/mol. The second-order valence-corrected chi connectivity index (χ2v) is 9.70. The van der Waals surface area contributed by atoms with Crippen molar-refractivity contribution < 1.29 is 35.7 Å². The summed E-state index contributed by atoms with van der Waals surface area (Å²) in [6, 6.07) is 0. The van der Waals surface area contributed by atoms with Crippen molar-refractivity contribution in [3.8, 4) is 0 Å². The molecule has 0 heterocycles. The van der Waals surface area contributed by atoms with E-state index >= 15 is 0 Å². The monoisotopic (exact) mass is 382 g/mol. The van der Waals surface area contributed by atoms with Gasteiger partial charge in [-0.3, -0.25) is 9.35 Å². The third kappa shape index (κ3) is 2.97. The molecular formula is C16H21F3O5S. The largest absolute Gasteiger partial charge is 0.451 e. The fourth-order valence-corrected chi connectivity index (χ4v) is 7.09. The van der Waals surface area contributed by atoms with Gasteiger partial charge in [0.05, 0.1) is 5.92 Å². The molecule has 4 aliphatic carbocycles. The summed E-state index contributed by atoms with van der Waals surface area (Å²) in [5.41, 5.74) is 0. The van der Waals surface area contributed by atoms with Crippen LogP contribution in [0.25, 0.3) is 0 Å². The summed E-state index contributed by atoms with van der Waals surface area (Å²) in [6.45, 7) is 0. The van der Waals surface area contributed by atoms with Gasteiger partial charge in [-0.05, 0) is 67.6 Å². The van der Waals surface area contributed by atoms with Crippen LogP contribution in [-0.2, 0) is 19.6 Å². The quantitative estimate of drug-likeness (QED) is 0.459. The molecule has 4 bridgehead atoms. The van der Waals surface area contributed by atoms with Gasteiger partial charge in [0.25, 0.3) is 10.1 Å². The Labute approximate surface area is 144 Å². The molecule has 4 aliphatic rings. The van der Waals surface area contributed by atoms with Crippen molar-refractivity contribution in [3.63, 3.8) is 0 Å². The van der Waals surface area contributed by atoms with E-state index in [1.807, 2.05) is 0 Å². The van der Waals surface area contributed by atoms with Crippen LogP contribution in [-0.4, -0.2) is 37.0 Å². The Balaban J connectivity index is 1.47. The molecule has 4 saturated carbocycles. The first-order valence-corrected chi connectivity index (χ1v) is 10.4. The summed E-state index contributed by atoms with van der Waals surface area (Å²) < 4.78 is 73.8. The number of hydrogen-bond donors (Lipinski definition) is 1. The minimum absolute atomic E-state index is 0.0671. The highest BCUT2D eigenvalue weighted by atomic mass is 32.2. The van der Waals surface area contributed by atoms with Crippen LogP contribution in [0.3, 0.4) is 0 Å². The molecule has 0 aromatic rings. The van der Waals surface area contributed by atoms with E-state index in [4.69, 9.17) is 4.55 Å². The number of carbonyl (C=O) groups is 1. The van der Waals surface area contributed by atoms with E-state index < -0.39 is 40.0 Å². The Morgan fingerprint density at radius 1 is 1.08 bits per heavy atom. The van der Waals surface area contributed by atoms with Crippen molar-refractivity contribution in [1.82, 2.24) is 0 Å². The first kappa shape index (κ1) is 17.6. The molecule has 142 valence electrons. The molecule has 0 spiro atoms. The van der Waals surface area contributed by atoms with E-state index in [2.05, 4.69) is 4.74 Å². The zero-order chi connectivity index (χ0) is 18.1. The van der Waals surface area contributed by atoms with Gasteiger partial charge in [-0.25, -0.2) is 0 Å². The van der Waals surface area contributed by atoms with Crippen LogP contribution >= 0.6 is 0 Å². The van der Waals surface area contributed by atoms with Crippen LogP contribution in [0.2, 0.25) is 0 Å². The lowest BCUT2D eigenvalue weighted by Gasteiger charge is -2.38. The molecule has 4 rings (SSSR count). The third-order valence-electron chi connectivity index (χ3n) is 7.02. The van der Waals surface area contributed by atoms with Crippen LogP contribution in [0.5, 0.6) is 0 Å². The number of carbonyl (C=O) groups excluding carboxylic acids is 1. The summed E-state index contributed by atoms with van der Waals surface area (Å²) in [7, 11) is -4.90. The summed E-state index contributed by atoms with van der Waals surface area (Å²) in [5, 5.41) is 0. The molecule has 0 aromatic heterocycles. The van der Waals surface area contributed by atoms with Gasteiger partial charge in [0.2, 0.25) is 6.10 Å². The topological polar surface area (TPSA) is 80.7 Å². The van der Waals surface area contributed by atoms with Crippen LogP contribution in [0, 0.1) is 41.4 Å². The first-order chi connectivity index (χ1) is 11.5. The van der Waals surface area contributed by atoms with Crippen LogP contribution in [0.1, 0.15) is 32.1 Å². The molecule has 9 heteroatoms. The van der Waals surface area contributed by atoms with Crippen molar-refractivity contribution in [2.24, 2.45) is 41.4 Å². The Morgan fingerprint density at radius 3 is 2.32 bits per heavy atom. The van der Waals surface area contributed by atoms with Crippen molar-refractivity contribution in [2.75, 3.05) is 5.75 Å². The number of rotatable bonds is 4. The minimum Gasteiger partial charge on any atom is -0.451 e. The molecule has 0 radical (unpaired) electrons. The van der Waals surface area contributed by atoms with Crippen molar-refractivity contribution >= 4 is 16.1 Å². The predicted octanol–water partition coefficient (Wildman–Crippen LogP) is 2.67. The molecule has 4 fully saturated rings. The van der Waals surface area contributed by atoms with Gasteiger partial charge in [-0.1, -0.05) is 0 Å². The van der Waals surface area contributed by atoms with Crippen molar-refractivity contribution in [1.29, 1.82) is 0 Å². The molecule has 5 nitrogen and oxygen atoms in total. The number of hydrogen-bond acceptors (Lipinski definition) is 4. The zero-order valence-electron chi connectivity index (χ0n) is 13.5. The van der Waals surface area contributed by atoms with E-state index in [1.165, 1.54) is 12.8 Å². The normalized spacial score (nSPS) is 43.3. The Hall–Kier alpha value is -0.830. The summed E-state index contributed by atoms with van der Waals surface area (Å²) in [6.07, 6.45) is -2.87. The highest BCUT2D eigenvalue weighted by molar-refractivity contribution is 7.85. The van der Waals surface area contributed by atoms with Gasteiger partial charge in [0.15, 0.2) is 0 Å². The fourth-order valence-electron chi connectivity index (χ4n) is 6.45. The predicted molar refractivity (Wildman–Crippen MR) is 79.9 cm³/mol. The molecule has 0 amide bonds. The van der Waals surface area contributed by atoms with Crippen LogP contribution in [0.15, 0.2) is 0 Å². The van der Waals surface area contributed by atoms with Gasteiger partial charge in [0, 0.05) is 0 Å². The maximum absolute atomic E-state index is 13.0. The van der Waals surface area contributed by atoms with E-state index in [-0.39, 0.29) is 5.92 Å². The molecular weight excluding hydrogens is 361 g/mol. The number of alkyl halides is 3. The molecule has 0 aliphatic heterocycles. The molecule has 8 atom stereocenters. The lowest BCUT2D eigenvalue weighted by atomic mass is 9.67. The highest BCUT2D eigenvalue weighted by Gasteiger charge is 2.64. The average Bonchev–Trinajstić information content (AvgIpc) is 3.22. The molecule has 0 saturated heterocycles. The SMILES string of the molecule is O=C(OC(CS(=O)(=O)O)C(F)(F)F)C1CC2CC1C1C3CCC(C3)C21. The standard InChI is InChI=1S/C16H21F3O5S/c17-16(18,19)12(6-25(21,22)23)24-15(20)11-5-9-4-10(11)14-8-2-1-7(3-8)13(9)14/h7-14H,1-6H2,(H,21,22,23). The molecule has 1 N–H and O–H groups in total. The fraction of sp³-hybridized carbons (Fsp3) is 0.938. The minimum atomic E-state index is -5.03. The summed E-state index contributed by atoms with van der Waals surface area (Å²) in [4.78, 5) is 12.4. The van der Waals surface area contributed by atoms with E-state index in [9.17, 15) is 26.4 Å². The van der Waals surface area contributed by atoms with Crippen molar-refractivity contribution in [2.45, 2.75) is 44.4 Å². The van der Waals surface area contributed by atoms with E-state index in [0.29, 0.717) is 36.0 Å². The lowest BCUT2D eigenvalue weighted by molar-refractivity contribution is -0.219. The van der Waals surface area contributed by atoms with Gasteiger partial charge in [-0.2, -0.15) is 21.6 Å². The lowest BCUT2D eigenvalue weighted by Crippen LogP contribution is -2.43. The smallest absolute Gasteiger partial charge is 0.426 e. The second-order valence-electron chi connectivity index (χ2n) is 8.21. The Bertz CT molecular complexity index is 676. The number of fused-ring (bicyclic) bond motifs is 9. The Morgan fingerprint density at radius 2 is 1.72 bits per heavy atom. The summed E-state index contributed by atoms with van der Waals surface area (Å²) >= 11 is 0. The number of esters is 1. The first-order valence-electron chi connectivity index (χ1n) is 8.77. The van der Waals surface area contributed by atoms with Crippen LogP contribution in [0.4, 0.5) is 13.2 Å². The third-order valence-corrected chi connectivity index (χ3v) is 7.75. The summed E-state index contributed by atoms with van der Waals surface area (Å²) in [5.74, 6) is -0.409. The number of ether oxygens (including phenoxy) is 1. The second kappa shape index (κ2) is 5.58. The van der Waals surface area contributed by atoms with Gasteiger partial charge in [0.1, 0.15) is 5.75 Å². The maximum Gasteiger partial charge on any atom is 0.426 e. The number of halogens is 3. The zero-order valence-corrected chi connectivity index (χ0v) is 14.3. The molecule has 0 aromatic carbocycles. The molecule has 25 heavy (non-hydrogen) atoms. The Kier molecular flexibility index (Phi) is 3.92. The van der Waals surface area contributed by atoms with Gasteiger partial charge < -0.3 is 4.74 Å². The van der Waals surface area contributed by atoms with Crippen LogP contribution < -0.4 is 0 Å². The molecule has 8 unspecified atom stereocenters. The van der Waals surface area contributed by atoms with Gasteiger partial charge in [-0.15, -0.1) is 0 Å². The van der Waals surface area contributed by atoms with Crippen molar-refractivity contribution in [3.05, 3.63) is 0 Å². The van der Waals surface area contributed by atoms with E-state index in [1.54, 1.807) is 0 Å². The van der Waals surface area contributed by atoms with E-state index in [0.717, 1.165) is 12.8 Å². The maximum atomic E-state index is 13.0. The van der Waals surface area contributed by atoms with Gasteiger partial charge >= 0.3 is 12.1 Å². The highest BCUT2D eigenvalue weighted by Crippen LogP contribution is 2.68.